The molecule has 0 saturated carbocycles. The zero-order valence-corrected chi connectivity index (χ0v) is 7.09. The van der Waals surface area contributed by atoms with Crippen molar-refractivity contribution >= 4 is 27.6 Å². The zero-order chi connectivity index (χ0) is 7.98. The van der Waals surface area contributed by atoms with Gasteiger partial charge in [-0.3, -0.25) is 0 Å². The second-order valence-electron chi connectivity index (χ2n) is 1.39. The monoisotopic (exact) mass is 209 g/mol. The van der Waals surface area contributed by atoms with Gasteiger partial charge in [0.15, 0.2) is 5.71 Å². The number of carbonyl (C=O) groups is 1. The van der Waals surface area contributed by atoms with Crippen LogP contribution in [0.5, 0.6) is 0 Å². The van der Waals surface area contributed by atoms with E-state index in [0.717, 1.165) is 0 Å². The molecule has 10 heavy (non-hydrogen) atoms. The first-order valence-electron chi connectivity index (χ1n) is 2.70. The zero-order valence-electron chi connectivity index (χ0n) is 5.50. The Labute approximate surface area is 67.0 Å². The fourth-order valence-corrected chi connectivity index (χ4v) is 0.605. The van der Waals surface area contributed by atoms with Gasteiger partial charge < -0.3 is 9.94 Å². The predicted molar refractivity (Wildman–Crippen MR) is 40.5 cm³/mol. The van der Waals surface area contributed by atoms with Crippen LogP contribution in [0, 0.1) is 0 Å². The highest BCUT2D eigenvalue weighted by atomic mass is 79.9. The fourth-order valence-electron chi connectivity index (χ4n) is 0.263. The summed E-state index contributed by atoms with van der Waals surface area (Å²) in [6.07, 6.45) is 0. The lowest BCUT2D eigenvalue weighted by Gasteiger charge is -1.94. The molecule has 0 amide bonds. The molecule has 0 aromatic rings. The average molecular weight is 210 g/mol. The summed E-state index contributed by atoms with van der Waals surface area (Å²) in [6.45, 7) is 2.11. The van der Waals surface area contributed by atoms with Gasteiger partial charge in [-0.15, -0.1) is 0 Å². The fraction of sp³-hybridized carbons (Fsp3) is 0.600. The van der Waals surface area contributed by atoms with Gasteiger partial charge in [0.05, 0.1) is 5.33 Å². The third-order valence-electron chi connectivity index (χ3n) is 0.677. The number of alkyl halides is 1. The topological polar surface area (TPSA) is 58.9 Å². The number of aliphatic carboxylic acids is 1. The van der Waals surface area contributed by atoms with Crippen LogP contribution in [0.3, 0.4) is 0 Å². The summed E-state index contributed by atoms with van der Waals surface area (Å²) in [4.78, 5) is 14.7. The Hall–Kier alpha value is -0.580. The summed E-state index contributed by atoms with van der Waals surface area (Å²) in [5, 5.41) is 11.9. The van der Waals surface area contributed by atoms with Crippen LogP contribution in [0.4, 0.5) is 0 Å². The molecular weight excluding hydrogens is 202 g/mol. The van der Waals surface area contributed by atoms with Crippen LogP contribution < -0.4 is 0 Å². The molecular formula is C5H8BrNO3. The van der Waals surface area contributed by atoms with Gasteiger partial charge in [0.1, 0.15) is 6.61 Å². The predicted octanol–water partition coefficient (Wildman–Crippen LogP) is 0.858. The van der Waals surface area contributed by atoms with Crippen molar-refractivity contribution in [1.82, 2.24) is 0 Å². The molecule has 0 aliphatic rings. The van der Waals surface area contributed by atoms with Gasteiger partial charge in [0.2, 0.25) is 0 Å². The molecule has 0 aliphatic heterocycles. The number of oxime groups is 1. The number of carboxylic acids is 1. The van der Waals surface area contributed by atoms with E-state index in [4.69, 9.17) is 5.11 Å². The van der Waals surface area contributed by atoms with E-state index in [1.165, 1.54) is 0 Å². The number of hydrogen-bond acceptors (Lipinski definition) is 3. The molecule has 1 N–H and O–H groups in total. The third-order valence-corrected chi connectivity index (χ3v) is 1.21. The van der Waals surface area contributed by atoms with Gasteiger partial charge in [-0.05, 0) is 6.92 Å². The van der Waals surface area contributed by atoms with E-state index >= 15 is 0 Å². The summed E-state index contributed by atoms with van der Waals surface area (Å²) < 4.78 is 0. The lowest BCUT2D eigenvalue weighted by Crippen LogP contribution is -2.14. The van der Waals surface area contributed by atoms with Crippen LogP contribution in [-0.4, -0.2) is 28.7 Å². The van der Waals surface area contributed by atoms with Crippen LogP contribution in [0.25, 0.3) is 0 Å². The van der Waals surface area contributed by atoms with E-state index in [0.29, 0.717) is 6.61 Å². The van der Waals surface area contributed by atoms with Crippen LogP contribution in [0.1, 0.15) is 6.92 Å². The van der Waals surface area contributed by atoms with Crippen molar-refractivity contribution in [3.05, 3.63) is 0 Å². The maximum Gasteiger partial charge on any atom is 0.354 e. The van der Waals surface area contributed by atoms with Gasteiger partial charge in [-0.25, -0.2) is 4.79 Å². The molecule has 0 aromatic heterocycles. The number of halogens is 1. The van der Waals surface area contributed by atoms with Gasteiger partial charge in [-0.1, -0.05) is 21.1 Å². The number of carboxylic acid groups (broad SMARTS) is 1. The smallest absolute Gasteiger partial charge is 0.354 e. The first-order valence-corrected chi connectivity index (χ1v) is 3.82. The minimum absolute atomic E-state index is 0.0261. The van der Waals surface area contributed by atoms with Crippen molar-refractivity contribution in [3.8, 4) is 0 Å². The molecule has 0 radical (unpaired) electrons. The summed E-state index contributed by atoms with van der Waals surface area (Å²) in [7, 11) is 0. The Kier molecular flexibility index (Phi) is 4.92. The molecule has 0 aliphatic carbocycles. The quantitative estimate of drug-likeness (QED) is 0.425. The van der Waals surface area contributed by atoms with E-state index in [9.17, 15) is 4.79 Å². The van der Waals surface area contributed by atoms with E-state index in [1.807, 2.05) is 0 Å². The van der Waals surface area contributed by atoms with E-state index < -0.39 is 5.97 Å². The molecule has 0 bridgehead atoms. The van der Waals surface area contributed by atoms with E-state index in [-0.39, 0.29) is 11.0 Å². The second kappa shape index (κ2) is 5.22. The molecule has 0 aromatic carbocycles. The molecule has 0 heterocycles. The maximum absolute atomic E-state index is 10.2. The molecule has 0 spiro atoms. The van der Waals surface area contributed by atoms with E-state index in [1.54, 1.807) is 6.92 Å². The highest BCUT2D eigenvalue weighted by Crippen LogP contribution is 1.88. The van der Waals surface area contributed by atoms with Gasteiger partial charge >= 0.3 is 5.97 Å². The van der Waals surface area contributed by atoms with E-state index in [2.05, 4.69) is 25.9 Å². The second-order valence-corrected chi connectivity index (χ2v) is 1.96. The van der Waals surface area contributed by atoms with Gasteiger partial charge in [0, 0.05) is 0 Å². The Morgan fingerprint density at radius 1 is 1.80 bits per heavy atom. The first kappa shape index (κ1) is 9.42. The molecule has 0 atom stereocenters. The molecule has 0 rings (SSSR count). The summed E-state index contributed by atoms with van der Waals surface area (Å²) in [5.74, 6) is -1.06. The Balaban J connectivity index is 3.91. The van der Waals surface area contributed by atoms with Crippen LogP contribution in [-0.2, 0) is 9.63 Å². The number of hydrogen-bond donors (Lipinski definition) is 1. The van der Waals surface area contributed by atoms with Gasteiger partial charge in [-0.2, -0.15) is 0 Å². The van der Waals surface area contributed by atoms with Crippen molar-refractivity contribution < 1.29 is 14.7 Å². The van der Waals surface area contributed by atoms with Crippen LogP contribution >= 0.6 is 15.9 Å². The molecule has 0 unspecified atom stereocenters. The Morgan fingerprint density at radius 3 is 2.70 bits per heavy atom. The minimum Gasteiger partial charge on any atom is -0.477 e. The molecule has 4 nitrogen and oxygen atoms in total. The normalized spacial score (nSPS) is 11.2. The van der Waals surface area contributed by atoms with Crippen LogP contribution in [0.15, 0.2) is 5.16 Å². The Bertz CT molecular complexity index is 146. The standard InChI is InChI=1S/C5H8BrNO3/c1-2-10-7-4(3-6)5(8)9/h2-3H2,1H3,(H,8,9)/b7-4+. The Morgan fingerprint density at radius 2 is 2.40 bits per heavy atom. The maximum atomic E-state index is 10.2. The molecule has 0 saturated heterocycles. The SMILES string of the molecule is CCO/N=C(\CBr)C(=O)O. The average Bonchev–Trinajstić information content (AvgIpc) is 1.89. The van der Waals surface area contributed by atoms with Crippen molar-refractivity contribution in [2.75, 3.05) is 11.9 Å². The molecule has 5 heteroatoms. The third kappa shape index (κ3) is 3.45. The van der Waals surface area contributed by atoms with Gasteiger partial charge in [0.25, 0.3) is 0 Å². The number of rotatable bonds is 4. The number of nitrogens with zero attached hydrogens (tertiary/aromatic N) is 1. The summed E-state index contributed by atoms with van der Waals surface area (Å²) in [6, 6.07) is 0. The van der Waals surface area contributed by atoms with Crippen molar-refractivity contribution in [2.45, 2.75) is 6.92 Å². The van der Waals surface area contributed by atoms with Crippen molar-refractivity contribution in [2.24, 2.45) is 5.16 Å². The highest BCUT2D eigenvalue weighted by molar-refractivity contribution is 9.09. The summed E-state index contributed by atoms with van der Waals surface area (Å²) in [5.41, 5.74) is -0.0261. The minimum atomic E-state index is -1.06. The first-order chi connectivity index (χ1) is 4.72. The lowest BCUT2D eigenvalue weighted by atomic mass is 10.4. The molecule has 0 fully saturated rings. The summed E-state index contributed by atoms with van der Waals surface area (Å²) >= 11 is 2.95. The van der Waals surface area contributed by atoms with Crippen molar-refractivity contribution in [1.29, 1.82) is 0 Å². The van der Waals surface area contributed by atoms with Crippen LogP contribution in [0.2, 0.25) is 0 Å². The largest absolute Gasteiger partial charge is 0.477 e. The van der Waals surface area contributed by atoms with Crippen molar-refractivity contribution in [3.63, 3.8) is 0 Å². The molecule has 58 valence electrons. The lowest BCUT2D eigenvalue weighted by molar-refractivity contribution is -0.129. The highest BCUT2D eigenvalue weighted by Gasteiger charge is 2.06.